The minimum Gasteiger partial charge on any atom is -0.481 e. The van der Waals surface area contributed by atoms with E-state index in [0.717, 1.165) is 32.1 Å². The van der Waals surface area contributed by atoms with Gasteiger partial charge in [-0.2, -0.15) is 0 Å². The third kappa shape index (κ3) is 19.1. The van der Waals surface area contributed by atoms with Crippen LogP contribution in [0.3, 0.4) is 0 Å². The molecule has 0 amide bonds. The molecule has 0 aromatic heterocycles. The van der Waals surface area contributed by atoms with Crippen LogP contribution in [0.2, 0.25) is 0 Å². The molecule has 0 saturated carbocycles. The fourth-order valence-electron chi connectivity index (χ4n) is 2.90. The van der Waals surface area contributed by atoms with Gasteiger partial charge in [0.1, 0.15) is 5.78 Å². The molecule has 0 saturated heterocycles. The topological polar surface area (TPSA) is 63.6 Å². The number of rotatable bonds is 19. The Morgan fingerprint density at radius 1 is 0.625 bits per heavy atom. The number of ether oxygens (including phenoxy) is 1. The average Bonchev–Trinajstić information content (AvgIpc) is 2.55. The zero-order valence-electron chi connectivity index (χ0n) is 15.7. The number of ketones is 1. The molecule has 0 fully saturated rings. The number of methoxy groups -OCH3 is 1. The van der Waals surface area contributed by atoms with Gasteiger partial charge in [-0.15, -0.1) is 0 Å². The lowest BCUT2D eigenvalue weighted by molar-refractivity contribution is -0.137. The fourth-order valence-corrected chi connectivity index (χ4v) is 2.90. The highest BCUT2D eigenvalue weighted by Gasteiger charge is 2.01. The third-order valence-electron chi connectivity index (χ3n) is 4.40. The van der Waals surface area contributed by atoms with Crippen molar-refractivity contribution < 1.29 is 19.4 Å². The van der Waals surface area contributed by atoms with Crippen LogP contribution in [0.15, 0.2) is 0 Å². The summed E-state index contributed by atoms with van der Waals surface area (Å²) in [5, 5.41) is 8.54. The van der Waals surface area contributed by atoms with E-state index < -0.39 is 5.97 Å². The van der Waals surface area contributed by atoms with Gasteiger partial charge in [0.15, 0.2) is 0 Å². The van der Waals surface area contributed by atoms with Crippen LogP contribution in [0.5, 0.6) is 0 Å². The van der Waals surface area contributed by atoms with Gasteiger partial charge in [0.05, 0.1) is 0 Å². The van der Waals surface area contributed by atoms with Crippen molar-refractivity contribution in [2.75, 3.05) is 13.7 Å². The van der Waals surface area contributed by atoms with E-state index in [4.69, 9.17) is 9.84 Å². The van der Waals surface area contributed by atoms with Gasteiger partial charge in [0.25, 0.3) is 0 Å². The summed E-state index contributed by atoms with van der Waals surface area (Å²) in [7, 11) is 1.67. The van der Waals surface area contributed by atoms with E-state index in [1.54, 1.807) is 7.11 Å². The Bertz CT molecular complexity index is 302. The highest BCUT2D eigenvalue weighted by molar-refractivity contribution is 5.78. The van der Waals surface area contributed by atoms with Gasteiger partial charge < -0.3 is 9.84 Å². The number of Topliss-reactive ketones (excluding diaryl/α,β-unsaturated/α-hetero) is 1. The number of carboxylic acids is 1. The molecule has 24 heavy (non-hydrogen) atoms. The quantitative estimate of drug-likeness (QED) is 0.314. The van der Waals surface area contributed by atoms with Crippen LogP contribution in [0.1, 0.15) is 103 Å². The SMILES string of the molecule is COCCCC(=O)CCCCCCCCCCCCCCC(=O)O. The van der Waals surface area contributed by atoms with E-state index in [1.807, 2.05) is 0 Å². The van der Waals surface area contributed by atoms with E-state index in [0.29, 0.717) is 25.2 Å². The predicted molar refractivity (Wildman–Crippen MR) is 98.4 cm³/mol. The van der Waals surface area contributed by atoms with Crippen LogP contribution >= 0.6 is 0 Å². The molecular weight excluding hydrogens is 304 g/mol. The zero-order valence-corrected chi connectivity index (χ0v) is 15.7. The summed E-state index contributed by atoms with van der Waals surface area (Å²) in [5.74, 6) is -0.291. The molecule has 0 aliphatic carbocycles. The minimum atomic E-state index is -0.676. The van der Waals surface area contributed by atoms with Gasteiger partial charge in [-0.05, 0) is 19.3 Å². The van der Waals surface area contributed by atoms with Crippen molar-refractivity contribution in [2.24, 2.45) is 0 Å². The Kier molecular flexibility index (Phi) is 17.7. The van der Waals surface area contributed by atoms with Gasteiger partial charge in [-0.3, -0.25) is 9.59 Å². The van der Waals surface area contributed by atoms with Gasteiger partial charge in [0.2, 0.25) is 0 Å². The van der Waals surface area contributed by atoms with E-state index in [9.17, 15) is 9.59 Å². The molecule has 0 aliphatic heterocycles. The minimum absolute atomic E-state index is 0.318. The molecule has 0 heterocycles. The van der Waals surface area contributed by atoms with Gasteiger partial charge in [-0.1, -0.05) is 64.2 Å². The lowest BCUT2D eigenvalue weighted by atomic mass is 10.0. The van der Waals surface area contributed by atoms with Crippen molar-refractivity contribution in [1.82, 2.24) is 0 Å². The Morgan fingerprint density at radius 2 is 1.00 bits per heavy atom. The highest BCUT2D eigenvalue weighted by atomic mass is 16.5. The number of carboxylic acid groups (broad SMARTS) is 1. The highest BCUT2D eigenvalue weighted by Crippen LogP contribution is 2.13. The number of hydrogen-bond donors (Lipinski definition) is 1. The Morgan fingerprint density at radius 3 is 1.42 bits per heavy atom. The van der Waals surface area contributed by atoms with Crippen molar-refractivity contribution >= 4 is 11.8 Å². The first kappa shape index (κ1) is 23.1. The first-order chi connectivity index (χ1) is 11.7. The van der Waals surface area contributed by atoms with Crippen molar-refractivity contribution in [3.63, 3.8) is 0 Å². The normalized spacial score (nSPS) is 10.9. The second-order valence-corrected chi connectivity index (χ2v) is 6.77. The molecule has 0 atom stereocenters. The summed E-state index contributed by atoms with van der Waals surface area (Å²) in [6.45, 7) is 0.689. The summed E-state index contributed by atoms with van der Waals surface area (Å²) in [6, 6.07) is 0. The maximum Gasteiger partial charge on any atom is 0.303 e. The molecule has 0 unspecified atom stereocenters. The molecule has 4 heteroatoms. The fraction of sp³-hybridized carbons (Fsp3) is 0.900. The summed E-state index contributed by atoms with van der Waals surface area (Å²) >= 11 is 0. The predicted octanol–water partition coefficient (Wildman–Crippen LogP) is 5.53. The Balaban J connectivity index is 3.10. The van der Waals surface area contributed by atoms with E-state index >= 15 is 0 Å². The standard InChI is InChI=1S/C20H38O4/c1-24-18-14-16-19(21)15-12-10-8-6-4-2-3-5-7-9-11-13-17-20(22)23/h2-18H2,1H3,(H,22,23). The number of unbranched alkanes of at least 4 members (excludes halogenated alkanes) is 11. The molecular formula is C20H38O4. The number of aliphatic carboxylic acids is 1. The molecule has 1 N–H and O–H groups in total. The number of hydrogen-bond acceptors (Lipinski definition) is 3. The monoisotopic (exact) mass is 342 g/mol. The number of carbonyl (C=O) groups is 2. The molecule has 4 nitrogen and oxygen atoms in total. The summed E-state index contributed by atoms with van der Waals surface area (Å²) in [6.07, 6.45) is 16.8. The van der Waals surface area contributed by atoms with Crippen LogP contribution < -0.4 is 0 Å². The van der Waals surface area contributed by atoms with Crippen molar-refractivity contribution in [3.8, 4) is 0 Å². The van der Waals surface area contributed by atoms with Crippen LogP contribution in [0, 0.1) is 0 Å². The molecule has 0 aliphatic rings. The number of carbonyl (C=O) groups excluding carboxylic acids is 1. The van der Waals surface area contributed by atoms with Gasteiger partial charge in [-0.25, -0.2) is 0 Å². The summed E-state index contributed by atoms with van der Waals surface area (Å²) in [5.41, 5.74) is 0. The maximum absolute atomic E-state index is 11.6. The Labute approximate surface area is 148 Å². The van der Waals surface area contributed by atoms with Crippen LogP contribution in [0.4, 0.5) is 0 Å². The third-order valence-corrected chi connectivity index (χ3v) is 4.40. The molecule has 0 radical (unpaired) electrons. The maximum atomic E-state index is 11.6. The Hall–Kier alpha value is -0.900. The average molecular weight is 343 g/mol. The smallest absolute Gasteiger partial charge is 0.303 e. The first-order valence-electron chi connectivity index (χ1n) is 9.89. The molecule has 0 aromatic rings. The van der Waals surface area contributed by atoms with Gasteiger partial charge >= 0.3 is 5.97 Å². The lowest BCUT2D eigenvalue weighted by Gasteiger charge is -2.03. The van der Waals surface area contributed by atoms with E-state index in [2.05, 4.69) is 0 Å². The lowest BCUT2D eigenvalue weighted by Crippen LogP contribution is -2.00. The van der Waals surface area contributed by atoms with Crippen molar-refractivity contribution in [1.29, 1.82) is 0 Å². The molecule has 0 bridgehead atoms. The first-order valence-corrected chi connectivity index (χ1v) is 9.89. The van der Waals surface area contributed by atoms with Crippen LogP contribution in [-0.4, -0.2) is 30.6 Å². The largest absolute Gasteiger partial charge is 0.481 e. The van der Waals surface area contributed by atoms with Crippen molar-refractivity contribution in [3.05, 3.63) is 0 Å². The molecule has 0 rings (SSSR count). The second-order valence-electron chi connectivity index (χ2n) is 6.77. The summed E-state index contributed by atoms with van der Waals surface area (Å²) in [4.78, 5) is 21.9. The van der Waals surface area contributed by atoms with E-state index in [1.165, 1.54) is 57.8 Å². The molecule has 0 aromatic carbocycles. The summed E-state index contributed by atoms with van der Waals surface area (Å²) < 4.78 is 4.95. The van der Waals surface area contributed by atoms with Gasteiger partial charge in [0, 0.05) is 33.0 Å². The van der Waals surface area contributed by atoms with Crippen LogP contribution in [-0.2, 0) is 14.3 Å². The van der Waals surface area contributed by atoms with Crippen molar-refractivity contribution in [2.45, 2.75) is 103 Å². The van der Waals surface area contributed by atoms with E-state index in [-0.39, 0.29) is 0 Å². The molecule has 0 spiro atoms. The zero-order chi connectivity index (χ0) is 17.9. The van der Waals surface area contributed by atoms with Crippen LogP contribution in [0.25, 0.3) is 0 Å². The molecule has 142 valence electrons. The second kappa shape index (κ2) is 18.4.